The molecule has 0 aliphatic rings. The Labute approximate surface area is 227 Å². The Balaban J connectivity index is 1.52. The van der Waals surface area contributed by atoms with Gasteiger partial charge >= 0.3 is 11.9 Å². The molecular formula is C29H28O11. The molecule has 0 saturated heterocycles. The van der Waals surface area contributed by atoms with Gasteiger partial charge < -0.3 is 32.9 Å². The summed E-state index contributed by atoms with van der Waals surface area (Å²) in [6, 6.07) is 8.46. The molecule has 0 amide bonds. The van der Waals surface area contributed by atoms with Gasteiger partial charge in [0.1, 0.15) is 52.8 Å². The number of aliphatic hydroxyl groups is 1. The van der Waals surface area contributed by atoms with Gasteiger partial charge in [-0.3, -0.25) is 9.59 Å². The number of carbonyl (C=O) groups is 2. The predicted octanol–water partition coefficient (Wildman–Crippen LogP) is 3.69. The number of rotatable bonds is 10. The maximum atomic E-state index is 12.8. The SMILES string of the molecule is CCOC(=O)c1cc(=O)c2c(OCC(O)COc3cc(C)cc4oc(C(=O)OCC)cc(=O)c34)cc(C)cc2o1. The van der Waals surface area contributed by atoms with E-state index in [2.05, 4.69) is 0 Å². The van der Waals surface area contributed by atoms with Gasteiger partial charge in [0.25, 0.3) is 0 Å². The van der Waals surface area contributed by atoms with Gasteiger partial charge in [-0.05, 0) is 63.1 Å². The first-order valence-corrected chi connectivity index (χ1v) is 12.6. The zero-order chi connectivity index (χ0) is 29.0. The summed E-state index contributed by atoms with van der Waals surface area (Å²) in [5, 5.41) is 10.8. The fourth-order valence-corrected chi connectivity index (χ4v) is 4.02. The maximum Gasteiger partial charge on any atom is 0.374 e. The van der Waals surface area contributed by atoms with Crippen molar-refractivity contribution in [3.8, 4) is 11.5 Å². The summed E-state index contributed by atoms with van der Waals surface area (Å²) >= 11 is 0. The van der Waals surface area contributed by atoms with E-state index in [1.54, 1.807) is 52.0 Å². The second-order valence-electron chi connectivity index (χ2n) is 8.94. The van der Waals surface area contributed by atoms with Crippen LogP contribution in [0.15, 0.2) is 54.8 Å². The van der Waals surface area contributed by atoms with Crippen molar-refractivity contribution in [2.24, 2.45) is 0 Å². The van der Waals surface area contributed by atoms with Crippen molar-refractivity contribution in [1.82, 2.24) is 0 Å². The highest BCUT2D eigenvalue weighted by atomic mass is 16.6. The highest BCUT2D eigenvalue weighted by Gasteiger charge is 2.20. The van der Waals surface area contributed by atoms with Gasteiger partial charge in [-0.15, -0.1) is 0 Å². The van der Waals surface area contributed by atoms with E-state index in [1.165, 1.54) is 0 Å². The van der Waals surface area contributed by atoms with E-state index < -0.39 is 28.9 Å². The number of ether oxygens (including phenoxy) is 4. The third-order valence-corrected chi connectivity index (χ3v) is 5.69. The summed E-state index contributed by atoms with van der Waals surface area (Å²) in [4.78, 5) is 49.6. The highest BCUT2D eigenvalue weighted by Crippen LogP contribution is 2.28. The molecule has 0 saturated carbocycles. The van der Waals surface area contributed by atoms with Crippen molar-refractivity contribution < 1.29 is 42.5 Å². The molecule has 1 N–H and O–H groups in total. The lowest BCUT2D eigenvalue weighted by Gasteiger charge is -2.16. The van der Waals surface area contributed by atoms with Crippen molar-refractivity contribution in [2.75, 3.05) is 26.4 Å². The van der Waals surface area contributed by atoms with Crippen LogP contribution < -0.4 is 20.3 Å². The van der Waals surface area contributed by atoms with Crippen LogP contribution in [0.4, 0.5) is 0 Å². The summed E-state index contributed by atoms with van der Waals surface area (Å²) in [5.41, 5.74) is 0.637. The first-order chi connectivity index (χ1) is 19.1. The van der Waals surface area contributed by atoms with Crippen molar-refractivity contribution in [1.29, 1.82) is 0 Å². The van der Waals surface area contributed by atoms with Crippen molar-refractivity contribution in [2.45, 2.75) is 33.8 Å². The summed E-state index contributed by atoms with van der Waals surface area (Å²) in [6.07, 6.45) is -1.16. The molecule has 0 aliphatic carbocycles. The predicted molar refractivity (Wildman–Crippen MR) is 143 cm³/mol. The van der Waals surface area contributed by atoms with E-state index in [9.17, 15) is 24.3 Å². The second-order valence-corrected chi connectivity index (χ2v) is 8.94. The van der Waals surface area contributed by atoms with E-state index >= 15 is 0 Å². The molecule has 0 spiro atoms. The Hall–Kier alpha value is -4.64. The number of esters is 2. The van der Waals surface area contributed by atoms with Crippen LogP contribution in [0, 0.1) is 13.8 Å². The molecule has 0 atom stereocenters. The van der Waals surface area contributed by atoms with Crippen LogP contribution in [0.25, 0.3) is 21.9 Å². The van der Waals surface area contributed by atoms with Gasteiger partial charge in [-0.25, -0.2) is 9.59 Å². The lowest BCUT2D eigenvalue weighted by molar-refractivity contribution is 0.0482. The van der Waals surface area contributed by atoms with Gasteiger partial charge in [0.05, 0.1) is 13.2 Å². The number of aryl methyl sites for hydroxylation is 2. The molecule has 0 bridgehead atoms. The fourth-order valence-electron chi connectivity index (χ4n) is 4.02. The average molecular weight is 553 g/mol. The molecule has 0 unspecified atom stereocenters. The maximum absolute atomic E-state index is 12.8. The van der Waals surface area contributed by atoms with Crippen LogP contribution in [0.1, 0.15) is 46.1 Å². The minimum Gasteiger partial charge on any atom is -0.490 e. The Morgan fingerprint density at radius 2 is 1.12 bits per heavy atom. The Kier molecular flexibility index (Phi) is 8.54. The Morgan fingerprint density at radius 3 is 1.50 bits per heavy atom. The number of aliphatic hydroxyl groups excluding tert-OH is 1. The molecule has 11 heteroatoms. The monoisotopic (exact) mass is 552 g/mol. The number of carbonyl (C=O) groups excluding carboxylic acids is 2. The van der Waals surface area contributed by atoms with Crippen molar-refractivity contribution in [3.63, 3.8) is 0 Å². The van der Waals surface area contributed by atoms with Crippen molar-refractivity contribution >= 4 is 33.9 Å². The van der Waals surface area contributed by atoms with Crippen molar-refractivity contribution in [3.05, 3.63) is 79.5 Å². The Bertz CT molecular complexity index is 1570. The topological polar surface area (TPSA) is 152 Å². The normalized spacial score (nSPS) is 11.2. The van der Waals surface area contributed by atoms with E-state index in [0.717, 1.165) is 12.1 Å². The van der Waals surface area contributed by atoms with Crippen LogP contribution in [0.5, 0.6) is 11.5 Å². The second kappa shape index (κ2) is 12.0. The summed E-state index contributed by atoms with van der Waals surface area (Å²) < 4.78 is 32.5. The molecule has 40 heavy (non-hydrogen) atoms. The lowest BCUT2D eigenvalue weighted by Crippen LogP contribution is -2.25. The molecule has 11 nitrogen and oxygen atoms in total. The van der Waals surface area contributed by atoms with Gasteiger partial charge in [0.2, 0.25) is 11.5 Å². The van der Waals surface area contributed by atoms with Gasteiger partial charge in [0.15, 0.2) is 10.9 Å². The summed E-state index contributed by atoms with van der Waals surface area (Å²) in [5.74, 6) is -1.65. The molecule has 2 heterocycles. The minimum absolute atomic E-state index is 0.103. The number of hydrogen-bond donors (Lipinski definition) is 1. The standard InChI is InChI=1S/C29H28O11/c1-5-35-28(33)24-11-18(31)26-20(7-15(3)9-22(26)39-24)37-13-17(30)14-38-21-8-16(4)10-23-27(21)19(32)12-25(40-23)29(34)36-6-2/h7-12,17,30H,5-6,13-14H2,1-4H3. The van der Waals surface area contributed by atoms with Gasteiger partial charge in [-0.1, -0.05) is 0 Å². The molecule has 4 rings (SSSR count). The highest BCUT2D eigenvalue weighted by molar-refractivity contribution is 5.92. The zero-order valence-corrected chi connectivity index (χ0v) is 22.4. The molecule has 4 aromatic rings. The van der Waals surface area contributed by atoms with Gasteiger partial charge in [0, 0.05) is 12.1 Å². The zero-order valence-electron chi connectivity index (χ0n) is 22.4. The van der Waals surface area contributed by atoms with E-state index in [0.29, 0.717) is 11.1 Å². The molecule has 2 aromatic carbocycles. The quantitative estimate of drug-likeness (QED) is 0.287. The first-order valence-electron chi connectivity index (χ1n) is 12.6. The minimum atomic E-state index is -1.16. The third-order valence-electron chi connectivity index (χ3n) is 5.69. The van der Waals surface area contributed by atoms with Crippen LogP contribution in [-0.4, -0.2) is 49.6 Å². The summed E-state index contributed by atoms with van der Waals surface area (Å²) in [6.45, 7) is 6.52. The summed E-state index contributed by atoms with van der Waals surface area (Å²) in [7, 11) is 0. The van der Waals surface area contributed by atoms with Gasteiger partial charge in [-0.2, -0.15) is 0 Å². The molecule has 0 radical (unpaired) electrons. The van der Waals surface area contributed by atoms with E-state index in [-0.39, 0.29) is 71.4 Å². The van der Waals surface area contributed by atoms with Crippen LogP contribution in [0.2, 0.25) is 0 Å². The third kappa shape index (κ3) is 6.15. The van der Waals surface area contributed by atoms with E-state index in [4.69, 9.17) is 27.8 Å². The number of fused-ring (bicyclic) bond motifs is 2. The van der Waals surface area contributed by atoms with Crippen LogP contribution in [-0.2, 0) is 9.47 Å². The molecular weight excluding hydrogens is 524 g/mol. The average Bonchev–Trinajstić information content (AvgIpc) is 2.89. The van der Waals surface area contributed by atoms with Crippen LogP contribution in [0.3, 0.4) is 0 Å². The van der Waals surface area contributed by atoms with E-state index in [1.807, 2.05) is 0 Å². The number of benzene rings is 2. The number of hydrogen-bond acceptors (Lipinski definition) is 11. The molecule has 2 aromatic heterocycles. The molecule has 210 valence electrons. The van der Waals surface area contributed by atoms with Crippen LogP contribution >= 0.6 is 0 Å². The smallest absolute Gasteiger partial charge is 0.374 e. The lowest BCUT2D eigenvalue weighted by atomic mass is 10.1. The molecule has 0 fully saturated rings. The Morgan fingerprint density at radius 1 is 0.725 bits per heavy atom. The largest absolute Gasteiger partial charge is 0.490 e. The first kappa shape index (κ1) is 28.4. The molecule has 0 aliphatic heterocycles. The fraction of sp³-hybridized carbons (Fsp3) is 0.310.